The van der Waals surface area contributed by atoms with Crippen molar-refractivity contribution in [1.82, 2.24) is 14.6 Å². The predicted octanol–water partition coefficient (Wildman–Crippen LogP) is 4.12. The molecule has 0 spiro atoms. The van der Waals surface area contributed by atoms with Crippen LogP contribution in [0.25, 0.3) is 11.3 Å². The minimum absolute atomic E-state index is 0.110. The smallest absolute Gasteiger partial charge is 0.240 e. The van der Waals surface area contributed by atoms with E-state index in [0.717, 1.165) is 11.3 Å². The Bertz CT molecular complexity index is 1240. The molecule has 0 unspecified atom stereocenters. The summed E-state index contributed by atoms with van der Waals surface area (Å²) in [5.74, 6) is -0.110. The predicted molar refractivity (Wildman–Crippen MR) is 137 cm³/mol. The summed E-state index contributed by atoms with van der Waals surface area (Å²) < 4.78 is 27.9. The average Bonchev–Trinajstić information content (AvgIpc) is 3.22. The molecule has 0 atom stereocenters. The molecular formula is C25H30N4O3S2. The van der Waals surface area contributed by atoms with Crippen LogP contribution in [0, 0.1) is 20.8 Å². The van der Waals surface area contributed by atoms with Gasteiger partial charge in [-0.25, -0.2) is 18.1 Å². The minimum Gasteiger partial charge on any atom is -0.301 e. The number of anilines is 1. The topological polar surface area (TPSA) is 91.4 Å². The van der Waals surface area contributed by atoms with Crippen molar-refractivity contribution in [2.75, 3.05) is 25.0 Å². The van der Waals surface area contributed by atoms with E-state index in [9.17, 15) is 13.2 Å². The number of sulfonamides is 1. The summed E-state index contributed by atoms with van der Waals surface area (Å²) in [6, 6.07) is 12.5. The Labute approximate surface area is 205 Å². The van der Waals surface area contributed by atoms with E-state index < -0.39 is 10.0 Å². The van der Waals surface area contributed by atoms with E-state index in [4.69, 9.17) is 0 Å². The molecule has 1 saturated heterocycles. The van der Waals surface area contributed by atoms with Gasteiger partial charge in [0.05, 0.1) is 17.1 Å². The number of piperidine rings is 1. The molecule has 0 saturated carbocycles. The number of nitrogens with zero attached hydrogens (tertiary/aromatic N) is 2. The first-order valence-electron chi connectivity index (χ1n) is 11.3. The minimum atomic E-state index is -3.53. The molecule has 0 bridgehead atoms. The number of hydrogen-bond donors (Lipinski definition) is 2. The Kier molecular flexibility index (Phi) is 7.47. The van der Waals surface area contributed by atoms with Crippen LogP contribution in [-0.4, -0.2) is 49.9 Å². The fourth-order valence-electron chi connectivity index (χ4n) is 4.49. The Morgan fingerprint density at radius 3 is 2.38 bits per heavy atom. The van der Waals surface area contributed by atoms with Gasteiger partial charge in [0.1, 0.15) is 0 Å². The lowest BCUT2D eigenvalue weighted by Gasteiger charge is -2.31. The number of rotatable bonds is 7. The first-order chi connectivity index (χ1) is 16.2. The van der Waals surface area contributed by atoms with E-state index in [1.165, 1.54) is 28.0 Å². The highest BCUT2D eigenvalue weighted by Gasteiger charge is 2.25. The number of aromatic nitrogens is 1. The van der Waals surface area contributed by atoms with Crippen molar-refractivity contribution >= 4 is 32.4 Å². The largest absolute Gasteiger partial charge is 0.301 e. The van der Waals surface area contributed by atoms with Crippen LogP contribution in [0.4, 0.5) is 5.13 Å². The molecule has 7 nitrogen and oxygen atoms in total. The van der Waals surface area contributed by atoms with Crippen LogP contribution in [0.2, 0.25) is 0 Å². The van der Waals surface area contributed by atoms with Crippen molar-refractivity contribution in [2.45, 2.75) is 44.6 Å². The van der Waals surface area contributed by atoms with Gasteiger partial charge in [-0.15, -0.1) is 11.3 Å². The Morgan fingerprint density at radius 2 is 1.74 bits per heavy atom. The van der Waals surface area contributed by atoms with Crippen LogP contribution in [0.5, 0.6) is 0 Å². The third-order valence-corrected chi connectivity index (χ3v) is 8.31. The Morgan fingerprint density at radius 1 is 1.09 bits per heavy atom. The Balaban J connectivity index is 1.28. The van der Waals surface area contributed by atoms with E-state index in [1.54, 1.807) is 30.3 Å². The average molecular weight is 499 g/mol. The number of benzene rings is 2. The van der Waals surface area contributed by atoms with Gasteiger partial charge in [-0.3, -0.25) is 9.69 Å². The van der Waals surface area contributed by atoms with E-state index in [0.29, 0.717) is 31.1 Å². The van der Waals surface area contributed by atoms with Crippen LogP contribution in [0.15, 0.2) is 52.7 Å². The van der Waals surface area contributed by atoms with Crippen LogP contribution in [0.1, 0.15) is 29.5 Å². The fourth-order valence-corrected chi connectivity index (χ4v) is 6.53. The number of hydrogen-bond acceptors (Lipinski definition) is 6. The van der Waals surface area contributed by atoms with Gasteiger partial charge in [0.25, 0.3) is 0 Å². The zero-order valence-electron chi connectivity index (χ0n) is 19.7. The quantitative estimate of drug-likeness (QED) is 0.511. The molecule has 1 aliphatic rings. The van der Waals surface area contributed by atoms with Crippen molar-refractivity contribution in [1.29, 1.82) is 0 Å². The van der Waals surface area contributed by atoms with Gasteiger partial charge < -0.3 is 5.32 Å². The second-order valence-corrected chi connectivity index (χ2v) is 11.4. The molecule has 180 valence electrons. The van der Waals surface area contributed by atoms with Crippen LogP contribution in [0.3, 0.4) is 0 Å². The number of aryl methyl sites for hydroxylation is 3. The molecule has 2 aromatic carbocycles. The SMILES string of the molecule is Cc1cc(C)c(-c2csc(NC(=O)CN3CCC(NS(=O)(=O)c4ccccc4)CC3)n2)c(C)c1. The first-order valence-corrected chi connectivity index (χ1v) is 13.7. The van der Waals surface area contributed by atoms with Crippen molar-refractivity contribution in [3.63, 3.8) is 0 Å². The number of thiazole rings is 1. The summed E-state index contributed by atoms with van der Waals surface area (Å²) in [6.07, 6.45) is 1.32. The number of amides is 1. The third kappa shape index (κ3) is 5.90. The molecule has 2 N–H and O–H groups in total. The zero-order chi connectivity index (χ0) is 24.3. The van der Waals surface area contributed by atoms with Crippen LogP contribution < -0.4 is 10.0 Å². The molecule has 9 heteroatoms. The van der Waals surface area contributed by atoms with E-state index in [-0.39, 0.29) is 23.4 Å². The lowest BCUT2D eigenvalue weighted by molar-refractivity contribution is -0.117. The van der Waals surface area contributed by atoms with E-state index in [2.05, 4.69) is 47.9 Å². The van der Waals surface area contributed by atoms with Crippen molar-refractivity contribution in [3.8, 4) is 11.3 Å². The van der Waals surface area contributed by atoms with Crippen LogP contribution >= 0.6 is 11.3 Å². The van der Waals surface area contributed by atoms with Gasteiger partial charge in [-0.1, -0.05) is 35.9 Å². The number of nitrogens with one attached hydrogen (secondary N) is 2. The summed E-state index contributed by atoms with van der Waals surface area (Å²) in [7, 11) is -3.53. The Hall–Kier alpha value is -2.59. The molecule has 34 heavy (non-hydrogen) atoms. The molecule has 4 rings (SSSR count). The van der Waals surface area contributed by atoms with Gasteiger partial charge >= 0.3 is 0 Å². The lowest BCUT2D eigenvalue weighted by Crippen LogP contribution is -2.46. The maximum atomic E-state index is 12.6. The highest BCUT2D eigenvalue weighted by Crippen LogP contribution is 2.31. The maximum absolute atomic E-state index is 12.6. The molecule has 1 aliphatic heterocycles. The number of likely N-dealkylation sites (tertiary alicyclic amines) is 1. The summed E-state index contributed by atoms with van der Waals surface area (Å²) in [5.41, 5.74) is 5.56. The van der Waals surface area contributed by atoms with Crippen molar-refractivity contribution in [2.24, 2.45) is 0 Å². The highest BCUT2D eigenvalue weighted by molar-refractivity contribution is 7.89. The summed E-state index contributed by atoms with van der Waals surface area (Å²) in [4.78, 5) is 19.6. The highest BCUT2D eigenvalue weighted by atomic mass is 32.2. The number of carbonyl (C=O) groups is 1. The molecule has 1 fully saturated rings. The van der Waals surface area contributed by atoms with Gasteiger partial charge in [0.15, 0.2) is 5.13 Å². The number of carbonyl (C=O) groups excluding carboxylic acids is 1. The van der Waals surface area contributed by atoms with Crippen LogP contribution in [-0.2, 0) is 14.8 Å². The summed E-state index contributed by atoms with van der Waals surface area (Å²) in [6.45, 7) is 7.81. The zero-order valence-corrected chi connectivity index (χ0v) is 21.3. The normalized spacial score (nSPS) is 15.4. The maximum Gasteiger partial charge on any atom is 0.240 e. The second-order valence-electron chi connectivity index (χ2n) is 8.84. The lowest BCUT2D eigenvalue weighted by atomic mass is 9.98. The summed E-state index contributed by atoms with van der Waals surface area (Å²) >= 11 is 1.42. The third-order valence-electron chi connectivity index (χ3n) is 6.01. The molecule has 0 radical (unpaired) electrons. The molecule has 1 aromatic heterocycles. The molecular weight excluding hydrogens is 468 g/mol. The van der Waals surface area contributed by atoms with E-state index in [1.807, 2.05) is 10.3 Å². The molecule has 0 aliphatic carbocycles. The molecule has 3 aromatic rings. The van der Waals surface area contributed by atoms with Gasteiger partial charge in [-0.2, -0.15) is 0 Å². The van der Waals surface area contributed by atoms with E-state index >= 15 is 0 Å². The molecule has 1 amide bonds. The standard InChI is InChI=1S/C25H30N4O3S2/c1-17-13-18(2)24(19(3)14-17)22-16-33-25(26-22)27-23(30)15-29-11-9-20(10-12-29)28-34(31,32)21-7-5-4-6-8-21/h4-8,13-14,16,20,28H,9-12,15H2,1-3H3,(H,26,27,30). The molecule has 2 heterocycles. The second kappa shape index (κ2) is 10.4. The first kappa shape index (κ1) is 24.5. The summed E-state index contributed by atoms with van der Waals surface area (Å²) in [5, 5.41) is 5.48. The van der Waals surface area contributed by atoms with Gasteiger partial charge in [0.2, 0.25) is 15.9 Å². The fraction of sp³-hybridized carbons (Fsp3) is 0.360. The van der Waals surface area contributed by atoms with Crippen molar-refractivity contribution < 1.29 is 13.2 Å². The van der Waals surface area contributed by atoms with Gasteiger partial charge in [0, 0.05) is 30.1 Å². The van der Waals surface area contributed by atoms with Crippen molar-refractivity contribution in [3.05, 3.63) is 64.5 Å². The van der Waals surface area contributed by atoms with Gasteiger partial charge in [-0.05, 0) is 56.9 Å². The monoisotopic (exact) mass is 498 g/mol.